The van der Waals surface area contributed by atoms with Crippen LogP contribution in [0.2, 0.25) is 5.02 Å². The number of rotatable bonds is 1. The Bertz CT molecular complexity index is 929. The van der Waals surface area contributed by atoms with Crippen molar-refractivity contribution in [2.45, 2.75) is 39.7 Å². The minimum absolute atomic E-state index is 0.0524. The van der Waals surface area contributed by atoms with Gasteiger partial charge in [-0.05, 0) is 48.1 Å². The van der Waals surface area contributed by atoms with E-state index >= 15 is 0 Å². The number of aryl methyl sites for hydroxylation is 1. The van der Waals surface area contributed by atoms with E-state index < -0.39 is 0 Å². The first-order valence-corrected chi connectivity index (χ1v) is 9.37. The maximum absolute atomic E-state index is 13.1. The first-order chi connectivity index (χ1) is 12.3. The molecule has 1 heterocycles. The number of carbonyl (C=O) groups is 1. The summed E-state index contributed by atoms with van der Waals surface area (Å²) in [7, 11) is 0. The maximum Gasteiger partial charge on any atom is 0.163 e. The van der Waals surface area contributed by atoms with Gasteiger partial charge in [0.2, 0.25) is 0 Å². The minimum Gasteiger partial charge on any atom is -0.372 e. The summed E-state index contributed by atoms with van der Waals surface area (Å²) >= 11 is 6.51. The molecule has 0 spiro atoms. The largest absolute Gasteiger partial charge is 0.372 e. The van der Waals surface area contributed by atoms with Crippen molar-refractivity contribution in [1.29, 1.82) is 0 Å². The number of halogens is 1. The smallest absolute Gasteiger partial charge is 0.163 e. The molecule has 2 N–H and O–H groups in total. The molecule has 3 nitrogen and oxygen atoms in total. The third kappa shape index (κ3) is 3.01. The highest BCUT2D eigenvalue weighted by atomic mass is 35.5. The molecule has 0 amide bonds. The summed E-state index contributed by atoms with van der Waals surface area (Å²) in [6.45, 7) is 6.36. The molecule has 134 valence electrons. The number of carbonyl (C=O) groups excluding carboxylic acids is 1. The molecule has 0 fully saturated rings. The van der Waals surface area contributed by atoms with Gasteiger partial charge in [-0.1, -0.05) is 49.7 Å². The van der Waals surface area contributed by atoms with E-state index in [0.29, 0.717) is 11.4 Å². The van der Waals surface area contributed by atoms with Gasteiger partial charge >= 0.3 is 0 Å². The van der Waals surface area contributed by atoms with Crippen molar-refractivity contribution < 1.29 is 4.79 Å². The normalized spacial score (nSPS) is 21.2. The maximum atomic E-state index is 13.1. The Labute approximate surface area is 159 Å². The molecule has 2 aromatic carbocycles. The van der Waals surface area contributed by atoms with E-state index in [1.54, 1.807) is 0 Å². The van der Waals surface area contributed by atoms with Crippen molar-refractivity contribution in [2.24, 2.45) is 5.41 Å². The second kappa shape index (κ2) is 6.17. The lowest BCUT2D eigenvalue weighted by molar-refractivity contribution is -0.118. The van der Waals surface area contributed by atoms with Crippen LogP contribution >= 0.6 is 11.6 Å². The van der Waals surface area contributed by atoms with Crippen LogP contribution in [0.4, 0.5) is 11.4 Å². The number of hydrogen-bond donors (Lipinski definition) is 2. The molecule has 2 aliphatic rings. The number of anilines is 2. The van der Waals surface area contributed by atoms with Crippen LogP contribution in [-0.4, -0.2) is 5.78 Å². The van der Waals surface area contributed by atoms with Gasteiger partial charge in [0.15, 0.2) is 5.78 Å². The van der Waals surface area contributed by atoms with Crippen molar-refractivity contribution in [3.05, 3.63) is 69.9 Å². The molecule has 0 unspecified atom stereocenters. The Balaban J connectivity index is 1.92. The van der Waals surface area contributed by atoms with Gasteiger partial charge in [-0.2, -0.15) is 0 Å². The monoisotopic (exact) mass is 366 g/mol. The van der Waals surface area contributed by atoms with Gasteiger partial charge in [0.25, 0.3) is 0 Å². The third-order valence-corrected chi connectivity index (χ3v) is 5.53. The van der Waals surface area contributed by atoms with E-state index in [0.717, 1.165) is 34.6 Å². The minimum atomic E-state index is -0.252. The van der Waals surface area contributed by atoms with Crippen molar-refractivity contribution in [3.8, 4) is 0 Å². The van der Waals surface area contributed by atoms with Gasteiger partial charge in [-0.15, -0.1) is 0 Å². The Kier molecular flexibility index (Phi) is 4.07. The summed E-state index contributed by atoms with van der Waals surface area (Å²) in [4.78, 5) is 13.1. The van der Waals surface area contributed by atoms with Crippen LogP contribution in [0, 0.1) is 12.3 Å². The number of ketones is 1. The first-order valence-electron chi connectivity index (χ1n) is 8.99. The molecule has 4 rings (SSSR count). The molecule has 26 heavy (non-hydrogen) atoms. The number of Topliss-reactive ketones (excluding diaryl/α,β-unsaturated/α-hetero) is 1. The lowest BCUT2D eigenvalue weighted by atomic mass is 9.73. The summed E-state index contributed by atoms with van der Waals surface area (Å²) in [5, 5.41) is 7.81. The summed E-state index contributed by atoms with van der Waals surface area (Å²) in [5.74, 6) is 0.186. The molecule has 0 bridgehead atoms. The Morgan fingerprint density at radius 3 is 2.62 bits per heavy atom. The quantitative estimate of drug-likeness (QED) is 0.663. The summed E-state index contributed by atoms with van der Waals surface area (Å²) in [5.41, 5.74) is 5.87. The first kappa shape index (κ1) is 17.2. The summed E-state index contributed by atoms with van der Waals surface area (Å²) in [6.07, 6.45) is 1.38. The van der Waals surface area contributed by atoms with Crippen LogP contribution in [-0.2, 0) is 4.79 Å². The van der Waals surface area contributed by atoms with Crippen molar-refractivity contribution >= 4 is 28.8 Å². The number of hydrogen-bond acceptors (Lipinski definition) is 3. The number of allylic oxidation sites excluding steroid dienone is 1. The number of nitrogens with one attached hydrogen (secondary N) is 2. The molecular formula is C22H23ClN2O. The van der Waals surface area contributed by atoms with Crippen LogP contribution in [0.15, 0.2) is 53.7 Å². The van der Waals surface area contributed by atoms with Crippen LogP contribution < -0.4 is 10.6 Å². The van der Waals surface area contributed by atoms with Gasteiger partial charge in [0, 0.05) is 22.7 Å². The lowest BCUT2D eigenvalue weighted by Gasteiger charge is -2.34. The van der Waals surface area contributed by atoms with Crippen molar-refractivity contribution in [1.82, 2.24) is 0 Å². The average molecular weight is 367 g/mol. The second-order valence-electron chi connectivity index (χ2n) is 8.11. The highest BCUT2D eigenvalue weighted by Crippen LogP contribution is 2.46. The predicted octanol–water partition coefficient (Wildman–Crippen LogP) is 5.87. The zero-order valence-electron chi connectivity index (χ0n) is 15.3. The fraction of sp³-hybridized carbons (Fsp3) is 0.318. The standard InChI is InChI=1S/C22H23ClN2O/c1-13-8-9-16-17(10-13)25-21(14-6-4-5-7-15(14)23)20-18(24-16)11-22(2,3)12-19(20)26/h4-10,21,24-25H,11-12H2,1-3H3/t21-/m1/s1. The van der Waals surface area contributed by atoms with Gasteiger partial charge < -0.3 is 10.6 Å². The van der Waals surface area contributed by atoms with Crippen LogP contribution in [0.1, 0.15) is 43.9 Å². The van der Waals surface area contributed by atoms with Crippen molar-refractivity contribution in [3.63, 3.8) is 0 Å². The molecule has 0 saturated carbocycles. The van der Waals surface area contributed by atoms with Crippen LogP contribution in [0.3, 0.4) is 0 Å². The molecule has 1 aliphatic heterocycles. The van der Waals surface area contributed by atoms with Gasteiger partial charge in [-0.3, -0.25) is 4.79 Å². The predicted molar refractivity (Wildman–Crippen MR) is 108 cm³/mol. The highest BCUT2D eigenvalue weighted by molar-refractivity contribution is 6.31. The van der Waals surface area contributed by atoms with Crippen LogP contribution in [0.5, 0.6) is 0 Å². The molecule has 4 heteroatoms. The van der Waals surface area contributed by atoms with E-state index in [9.17, 15) is 4.79 Å². The van der Waals surface area contributed by atoms with Crippen LogP contribution in [0.25, 0.3) is 0 Å². The molecule has 0 saturated heterocycles. The molecule has 0 radical (unpaired) electrons. The second-order valence-corrected chi connectivity index (χ2v) is 8.51. The molecular weight excluding hydrogens is 344 g/mol. The van der Waals surface area contributed by atoms with E-state index in [1.807, 2.05) is 24.3 Å². The number of fused-ring (bicyclic) bond motifs is 1. The average Bonchev–Trinajstić information content (AvgIpc) is 2.70. The third-order valence-electron chi connectivity index (χ3n) is 5.19. The van der Waals surface area contributed by atoms with E-state index in [4.69, 9.17) is 11.6 Å². The van der Waals surface area contributed by atoms with Gasteiger partial charge in [0.05, 0.1) is 17.4 Å². The summed E-state index contributed by atoms with van der Waals surface area (Å²) in [6, 6.07) is 13.8. The molecule has 1 aliphatic carbocycles. The summed E-state index contributed by atoms with van der Waals surface area (Å²) < 4.78 is 0. The number of benzene rings is 2. The van der Waals surface area contributed by atoms with E-state index in [-0.39, 0.29) is 17.2 Å². The SMILES string of the molecule is Cc1ccc2c(c1)N[C@H](c1ccccc1Cl)C1=C(CC(C)(C)CC1=O)N2. The molecule has 1 atom stereocenters. The molecule has 2 aromatic rings. The zero-order chi connectivity index (χ0) is 18.5. The Morgan fingerprint density at radius 2 is 1.85 bits per heavy atom. The van der Waals surface area contributed by atoms with Gasteiger partial charge in [0.1, 0.15) is 0 Å². The molecule has 0 aromatic heterocycles. The Morgan fingerprint density at radius 1 is 1.08 bits per heavy atom. The van der Waals surface area contributed by atoms with E-state index in [2.05, 4.69) is 49.6 Å². The zero-order valence-corrected chi connectivity index (χ0v) is 16.1. The van der Waals surface area contributed by atoms with Crippen molar-refractivity contribution in [2.75, 3.05) is 10.6 Å². The fourth-order valence-electron chi connectivity index (χ4n) is 4.00. The lowest BCUT2D eigenvalue weighted by Crippen LogP contribution is -2.31. The topological polar surface area (TPSA) is 41.1 Å². The van der Waals surface area contributed by atoms with Gasteiger partial charge in [-0.25, -0.2) is 0 Å². The van der Waals surface area contributed by atoms with E-state index in [1.165, 1.54) is 5.56 Å². The highest BCUT2D eigenvalue weighted by Gasteiger charge is 2.39. The fourth-order valence-corrected chi connectivity index (χ4v) is 4.25. The Hall–Kier alpha value is -2.26.